The first kappa shape index (κ1) is 26.9. The third-order valence-corrected chi connectivity index (χ3v) is 7.44. The predicted molar refractivity (Wildman–Crippen MR) is 152 cm³/mol. The molecule has 5 rings (SSSR count). The number of nitrogen functional groups attached to an aromatic ring is 1. The molecule has 11 heteroatoms. The summed E-state index contributed by atoms with van der Waals surface area (Å²) in [6.07, 6.45) is 7.12. The maximum Gasteiger partial charge on any atom is 0.247 e. The second kappa shape index (κ2) is 12.5. The van der Waals surface area contributed by atoms with E-state index in [9.17, 15) is 9.59 Å². The molecule has 0 saturated heterocycles. The molecule has 40 heavy (non-hydrogen) atoms. The first-order chi connectivity index (χ1) is 19.5. The van der Waals surface area contributed by atoms with Crippen molar-refractivity contribution in [1.82, 2.24) is 30.9 Å². The molecule has 0 radical (unpaired) electrons. The lowest BCUT2D eigenvalue weighted by molar-refractivity contribution is -0.130. The number of nitrogens with one attached hydrogen (secondary N) is 3. The molecule has 2 aromatic carbocycles. The minimum Gasteiger partial charge on any atom is -0.397 e. The molecule has 1 saturated carbocycles. The van der Waals surface area contributed by atoms with Crippen LogP contribution in [0.3, 0.4) is 0 Å². The normalized spacial score (nSPS) is 17.6. The Hall–Kier alpha value is -4.64. The number of tetrazole rings is 1. The molecule has 0 bridgehead atoms. The number of H-pyrrole nitrogens is 1. The average Bonchev–Trinajstić information content (AvgIpc) is 3.53. The van der Waals surface area contributed by atoms with Crippen LogP contribution in [-0.4, -0.2) is 50.0 Å². The average molecular weight is 540 g/mol. The summed E-state index contributed by atoms with van der Waals surface area (Å²) in [5.41, 5.74) is 16.5. The van der Waals surface area contributed by atoms with E-state index in [1.54, 1.807) is 24.5 Å². The number of rotatable bonds is 9. The van der Waals surface area contributed by atoms with Crippen LogP contribution >= 0.6 is 0 Å². The van der Waals surface area contributed by atoms with Gasteiger partial charge < -0.3 is 22.1 Å². The lowest BCUT2D eigenvalue weighted by atomic mass is 9.81. The molecule has 7 N–H and O–H groups in total. The molecule has 2 aromatic heterocycles. The minimum atomic E-state index is -0.752. The van der Waals surface area contributed by atoms with Crippen LogP contribution in [0.5, 0.6) is 0 Å². The molecule has 1 fully saturated rings. The molecular formula is C29H33N9O2. The standard InChI is InChI=1S/C29H33N9O2/c30-15-19-3-7-22(8-4-19)28(39)34-26(13-18-1-5-20(6-2-18)23-14-24(31)17-32-16-23)29(40)33-25-11-9-21(10-12-25)27-35-37-38-36-27/h1-2,5-6,9-12,14,16-17,19,22,26H,3-4,7-8,13,15,30-31H2,(H,33,40)(H,34,39)(H,35,36,37,38)/t19?,22?,26-/m0/s1. The van der Waals surface area contributed by atoms with Gasteiger partial charge in [-0.25, -0.2) is 5.10 Å². The number of nitrogens with zero attached hydrogens (tertiary/aromatic N) is 4. The van der Waals surface area contributed by atoms with Crippen molar-refractivity contribution in [3.63, 3.8) is 0 Å². The maximum absolute atomic E-state index is 13.5. The predicted octanol–water partition coefficient (Wildman–Crippen LogP) is 2.94. The highest BCUT2D eigenvalue weighted by Gasteiger charge is 2.29. The van der Waals surface area contributed by atoms with Crippen LogP contribution in [0.4, 0.5) is 11.4 Å². The number of aromatic amines is 1. The number of anilines is 2. The zero-order chi connectivity index (χ0) is 27.9. The van der Waals surface area contributed by atoms with Crippen molar-refractivity contribution in [3.05, 3.63) is 72.6 Å². The zero-order valence-electron chi connectivity index (χ0n) is 22.1. The van der Waals surface area contributed by atoms with Crippen molar-refractivity contribution in [1.29, 1.82) is 0 Å². The van der Waals surface area contributed by atoms with Gasteiger partial charge in [0.15, 0.2) is 5.82 Å². The van der Waals surface area contributed by atoms with Crippen LogP contribution in [0.15, 0.2) is 67.0 Å². The highest BCUT2D eigenvalue weighted by Crippen LogP contribution is 2.28. The van der Waals surface area contributed by atoms with Gasteiger partial charge in [0.2, 0.25) is 11.8 Å². The van der Waals surface area contributed by atoms with Gasteiger partial charge in [-0.1, -0.05) is 24.3 Å². The van der Waals surface area contributed by atoms with E-state index in [2.05, 4.69) is 36.2 Å². The number of pyridine rings is 1. The molecule has 206 valence electrons. The van der Waals surface area contributed by atoms with Gasteiger partial charge in [-0.2, -0.15) is 0 Å². The molecule has 11 nitrogen and oxygen atoms in total. The SMILES string of the molecule is NCC1CCC(C(=O)N[C@@H](Cc2ccc(-c3cncc(N)c3)cc2)C(=O)Nc2ccc(-c3nnn[nH]3)cc2)CC1. The van der Waals surface area contributed by atoms with E-state index in [0.29, 0.717) is 36.1 Å². The third kappa shape index (κ3) is 6.67. The summed E-state index contributed by atoms with van der Waals surface area (Å²) >= 11 is 0. The number of nitrogens with two attached hydrogens (primary N) is 2. The van der Waals surface area contributed by atoms with Gasteiger partial charge in [-0.15, -0.1) is 5.10 Å². The van der Waals surface area contributed by atoms with Crippen LogP contribution < -0.4 is 22.1 Å². The molecule has 2 amide bonds. The fraction of sp³-hybridized carbons (Fsp3) is 0.310. The molecular weight excluding hydrogens is 506 g/mol. The topological polar surface area (TPSA) is 178 Å². The van der Waals surface area contributed by atoms with Crippen molar-refractivity contribution in [2.24, 2.45) is 17.6 Å². The number of hydrogen-bond acceptors (Lipinski definition) is 8. The smallest absolute Gasteiger partial charge is 0.247 e. The molecule has 0 aliphatic heterocycles. The van der Waals surface area contributed by atoms with E-state index in [4.69, 9.17) is 11.5 Å². The van der Waals surface area contributed by atoms with Gasteiger partial charge in [-0.05, 0) is 90.0 Å². The van der Waals surface area contributed by atoms with Crippen LogP contribution in [0.1, 0.15) is 31.2 Å². The Bertz CT molecular complexity index is 1410. The molecule has 1 atom stereocenters. The quantitative estimate of drug-likeness (QED) is 0.215. The summed E-state index contributed by atoms with van der Waals surface area (Å²) in [4.78, 5) is 30.9. The molecule has 2 heterocycles. The van der Waals surface area contributed by atoms with Gasteiger partial charge >= 0.3 is 0 Å². The summed E-state index contributed by atoms with van der Waals surface area (Å²) < 4.78 is 0. The number of benzene rings is 2. The van der Waals surface area contributed by atoms with E-state index in [1.807, 2.05) is 42.5 Å². The van der Waals surface area contributed by atoms with Crippen molar-refractivity contribution in [2.45, 2.75) is 38.1 Å². The van der Waals surface area contributed by atoms with Gasteiger partial charge in [-0.3, -0.25) is 14.6 Å². The number of aromatic nitrogens is 5. The van der Waals surface area contributed by atoms with Gasteiger partial charge in [0.05, 0.1) is 5.69 Å². The Kier molecular flexibility index (Phi) is 8.41. The second-order valence-corrected chi connectivity index (χ2v) is 10.2. The Labute approximate surface area is 232 Å². The fourth-order valence-corrected chi connectivity index (χ4v) is 5.07. The molecule has 1 aliphatic carbocycles. The van der Waals surface area contributed by atoms with Crippen LogP contribution in [0, 0.1) is 11.8 Å². The van der Waals surface area contributed by atoms with Gasteiger partial charge in [0.25, 0.3) is 0 Å². The van der Waals surface area contributed by atoms with E-state index < -0.39 is 6.04 Å². The van der Waals surface area contributed by atoms with E-state index in [0.717, 1.165) is 47.9 Å². The summed E-state index contributed by atoms with van der Waals surface area (Å²) in [5.74, 6) is 0.497. The summed E-state index contributed by atoms with van der Waals surface area (Å²) in [6, 6.07) is 16.1. The summed E-state index contributed by atoms with van der Waals surface area (Å²) in [7, 11) is 0. The lowest BCUT2D eigenvalue weighted by Crippen LogP contribution is -2.48. The maximum atomic E-state index is 13.5. The minimum absolute atomic E-state index is 0.0914. The fourth-order valence-electron chi connectivity index (χ4n) is 5.07. The first-order valence-electron chi connectivity index (χ1n) is 13.4. The Morgan fingerprint density at radius 2 is 1.68 bits per heavy atom. The Morgan fingerprint density at radius 3 is 2.33 bits per heavy atom. The molecule has 0 spiro atoms. The molecule has 1 aliphatic rings. The number of carbonyl (C=O) groups excluding carboxylic acids is 2. The van der Waals surface area contributed by atoms with Crippen LogP contribution in [0.25, 0.3) is 22.5 Å². The van der Waals surface area contributed by atoms with E-state index >= 15 is 0 Å². The number of carbonyl (C=O) groups is 2. The van der Waals surface area contributed by atoms with Crippen LogP contribution in [-0.2, 0) is 16.0 Å². The Morgan fingerprint density at radius 1 is 0.950 bits per heavy atom. The highest BCUT2D eigenvalue weighted by atomic mass is 16.2. The third-order valence-electron chi connectivity index (χ3n) is 7.44. The zero-order valence-corrected chi connectivity index (χ0v) is 22.1. The van der Waals surface area contributed by atoms with E-state index in [1.165, 1.54) is 0 Å². The van der Waals surface area contributed by atoms with E-state index in [-0.39, 0.29) is 17.7 Å². The highest BCUT2D eigenvalue weighted by molar-refractivity contribution is 5.97. The largest absolute Gasteiger partial charge is 0.397 e. The van der Waals surface area contributed by atoms with Gasteiger partial charge in [0, 0.05) is 41.5 Å². The number of hydrogen-bond donors (Lipinski definition) is 5. The monoisotopic (exact) mass is 539 g/mol. The van der Waals surface area contributed by atoms with Crippen molar-refractivity contribution >= 4 is 23.2 Å². The van der Waals surface area contributed by atoms with Crippen molar-refractivity contribution in [3.8, 4) is 22.5 Å². The first-order valence-corrected chi connectivity index (χ1v) is 13.4. The lowest BCUT2D eigenvalue weighted by Gasteiger charge is -2.28. The molecule has 4 aromatic rings. The second-order valence-electron chi connectivity index (χ2n) is 10.2. The van der Waals surface area contributed by atoms with Crippen molar-refractivity contribution < 1.29 is 9.59 Å². The number of amides is 2. The molecule has 0 unspecified atom stereocenters. The summed E-state index contributed by atoms with van der Waals surface area (Å²) in [5, 5.41) is 19.8. The van der Waals surface area contributed by atoms with Gasteiger partial charge in [0.1, 0.15) is 6.04 Å². The summed E-state index contributed by atoms with van der Waals surface area (Å²) in [6.45, 7) is 0.646. The van der Waals surface area contributed by atoms with Crippen LogP contribution in [0.2, 0.25) is 0 Å². The van der Waals surface area contributed by atoms with Crippen molar-refractivity contribution in [2.75, 3.05) is 17.6 Å². The Balaban J connectivity index is 1.30.